The topological polar surface area (TPSA) is 81.7 Å². The highest BCUT2D eigenvalue weighted by Crippen LogP contribution is 2.30. The van der Waals surface area contributed by atoms with E-state index in [0.29, 0.717) is 32.6 Å². The van der Waals surface area contributed by atoms with Crippen LogP contribution in [-0.2, 0) is 9.53 Å². The minimum absolute atomic E-state index is 0.0236. The number of carbonyl (C=O) groups excluding carboxylic acids is 1. The lowest BCUT2D eigenvalue weighted by molar-refractivity contribution is -0.130. The molecule has 3 N–H and O–H groups in total. The van der Waals surface area contributed by atoms with Crippen LogP contribution in [0.25, 0.3) is 5.65 Å². The molecule has 1 amide bonds. The third kappa shape index (κ3) is 2.64. The number of aryl methyl sites for hydroxylation is 1. The fraction of sp³-hybridized carbons (Fsp3) is 0.467. The Kier molecular flexibility index (Phi) is 3.65. The smallest absolute Gasteiger partial charge is 0.232 e. The zero-order chi connectivity index (χ0) is 14.9. The summed E-state index contributed by atoms with van der Waals surface area (Å²) in [6.07, 6.45) is 5.14. The third-order valence-corrected chi connectivity index (χ3v) is 4.15. The molecule has 1 aliphatic heterocycles. The Morgan fingerprint density at radius 2 is 2.19 bits per heavy atom. The lowest BCUT2D eigenvalue weighted by Crippen LogP contribution is -2.46. The summed E-state index contributed by atoms with van der Waals surface area (Å²) >= 11 is 0. The average Bonchev–Trinajstić information content (AvgIpc) is 2.87. The Labute approximate surface area is 123 Å². The van der Waals surface area contributed by atoms with Gasteiger partial charge in [-0.15, -0.1) is 0 Å². The summed E-state index contributed by atoms with van der Waals surface area (Å²) in [6.45, 7) is 3.46. The molecule has 0 radical (unpaired) electrons. The van der Waals surface area contributed by atoms with Gasteiger partial charge < -0.3 is 20.2 Å². The summed E-state index contributed by atoms with van der Waals surface area (Å²) in [6, 6.07) is 3.75. The van der Waals surface area contributed by atoms with Crippen molar-refractivity contribution < 1.29 is 9.53 Å². The van der Waals surface area contributed by atoms with E-state index in [1.165, 1.54) is 0 Å². The van der Waals surface area contributed by atoms with Crippen LogP contribution in [-0.4, -0.2) is 35.1 Å². The second-order valence-corrected chi connectivity index (χ2v) is 5.62. The molecule has 3 rings (SSSR count). The van der Waals surface area contributed by atoms with Gasteiger partial charge in [-0.1, -0.05) is 0 Å². The Morgan fingerprint density at radius 1 is 1.43 bits per heavy atom. The molecule has 0 bridgehead atoms. The zero-order valence-electron chi connectivity index (χ0n) is 12.1. The van der Waals surface area contributed by atoms with Crippen LogP contribution in [0.3, 0.4) is 0 Å². The standard InChI is InChI=1S/C15H20N4O2/c1-11-8-19-9-12(2-3-13(19)17-11)18-14(20)15(10-16)4-6-21-7-5-15/h2-3,8-9H,4-7,10,16H2,1H3,(H,18,20). The molecule has 1 aliphatic rings. The van der Waals surface area contributed by atoms with E-state index < -0.39 is 5.41 Å². The predicted octanol–water partition coefficient (Wildman–Crippen LogP) is 1.34. The van der Waals surface area contributed by atoms with Crippen molar-refractivity contribution in [1.29, 1.82) is 0 Å². The molecule has 2 aromatic rings. The first-order valence-corrected chi connectivity index (χ1v) is 7.18. The Hall–Kier alpha value is -1.92. The van der Waals surface area contributed by atoms with Crippen LogP contribution >= 0.6 is 0 Å². The molecule has 1 saturated heterocycles. The fourth-order valence-corrected chi connectivity index (χ4v) is 2.74. The SMILES string of the molecule is Cc1cn2cc(NC(=O)C3(CN)CCOCC3)ccc2n1. The average molecular weight is 288 g/mol. The van der Waals surface area contributed by atoms with Gasteiger partial charge in [0.2, 0.25) is 5.91 Å². The van der Waals surface area contributed by atoms with Gasteiger partial charge in [-0.05, 0) is 31.9 Å². The first-order chi connectivity index (χ1) is 10.1. The minimum atomic E-state index is -0.516. The number of imidazole rings is 1. The quantitative estimate of drug-likeness (QED) is 0.893. The van der Waals surface area contributed by atoms with E-state index in [-0.39, 0.29) is 5.91 Å². The number of rotatable bonds is 3. The van der Waals surface area contributed by atoms with Crippen molar-refractivity contribution in [1.82, 2.24) is 9.38 Å². The Bertz CT molecular complexity index is 659. The molecule has 0 atom stereocenters. The molecular formula is C15H20N4O2. The maximum atomic E-state index is 12.6. The fourth-order valence-electron chi connectivity index (χ4n) is 2.74. The second kappa shape index (κ2) is 5.46. The maximum Gasteiger partial charge on any atom is 0.232 e. The van der Waals surface area contributed by atoms with Gasteiger partial charge in [-0.25, -0.2) is 4.98 Å². The van der Waals surface area contributed by atoms with Gasteiger partial charge in [0.05, 0.1) is 16.8 Å². The van der Waals surface area contributed by atoms with Crippen molar-refractivity contribution in [3.8, 4) is 0 Å². The summed E-state index contributed by atoms with van der Waals surface area (Å²) < 4.78 is 7.25. The van der Waals surface area contributed by atoms with Crippen molar-refractivity contribution in [3.05, 3.63) is 30.2 Å². The number of hydrogen-bond donors (Lipinski definition) is 2. The molecule has 6 heteroatoms. The molecule has 0 saturated carbocycles. The van der Waals surface area contributed by atoms with Crippen LogP contribution in [0, 0.1) is 12.3 Å². The minimum Gasteiger partial charge on any atom is -0.381 e. The van der Waals surface area contributed by atoms with E-state index >= 15 is 0 Å². The Balaban J connectivity index is 1.81. The largest absolute Gasteiger partial charge is 0.381 e. The number of pyridine rings is 1. The van der Waals surface area contributed by atoms with Crippen molar-refractivity contribution in [2.75, 3.05) is 25.1 Å². The zero-order valence-corrected chi connectivity index (χ0v) is 12.1. The van der Waals surface area contributed by atoms with Crippen LogP contribution in [0.4, 0.5) is 5.69 Å². The number of nitrogens with one attached hydrogen (secondary N) is 1. The van der Waals surface area contributed by atoms with Gasteiger partial charge in [0, 0.05) is 32.2 Å². The lowest BCUT2D eigenvalue weighted by Gasteiger charge is -2.34. The highest BCUT2D eigenvalue weighted by molar-refractivity contribution is 5.95. The number of aromatic nitrogens is 2. The lowest BCUT2D eigenvalue weighted by atomic mass is 9.79. The van der Waals surface area contributed by atoms with Gasteiger partial charge in [0.25, 0.3) is 0 Å². The molecule has 0 unspecified atom stereocenters. The van der Waals surface area contributed by atoms with E-state index in [0.717, 1.165) is 17.0 Å². The normalized spacial score (nSPS) is 17.8. The van der Waals surface area contributed by atoms with E-state index in [9.17, 15) is 4.79 Å². The predicted molar refractivity (Wildman–Crippen MR) is 80.1 cm³/mol. The molecule has 6 nitrogen and oxygen atoms in total. The van der Waals surface area contributed by atoms with Crippen molar-refractivity contribution in [2.24, 2.45) is 11.1 Å². The van der Waals surface area contributed by atoms with E-state index in [1.807, 2.05) is 35.9 Å². The van der Waals surface area contributed by atoms with Gasteiger partial charge >= 0.3 is 0 Å². The Morgan fingerprint density at radius 3 is 2.90 bits per heavy atom. The second-order valence-electron chi connectivity index (χ2n) is 5.62. The number of fused-ring (bicyclic) bond motifs is 1. The van der Waals surface area contributed by atoms with Gasteiger partial charge in [0.1, 0.15) is 5.65 Å². The van der Waals surface area contributed by atoms with Crippen LogP contribution < -0.4 is 11.1 Å². The summed E-state index contributed by atoms with van der Waals surface area (Å²) in [5.41, 5.74) is 7.90. The molecule has 1 fully saturated rings. The molecule has 2 aromatic heterocycles. The number of hydrogen-bond acceptors (Lipinski definition) is 4. The number of nitrogens with two attached hydrogens (primary N) is 1. The number of nitrogens with zero attached hydrogens (tertiary/aromatic N) is 2. The van der Waals surface area contributed by atoms with Crippen molar-refractivity contribution in [3.63, 3.8) is 0 Å². The highest BCUT2D eigenvalue weighted by atomic mass is 16.5. The molecule has 0 aliphatic carbocycles. The molecular weight excluding hydrogens is 268 g/mol. The first-order valence-electron chi connectivity index (χ1n) is 7.18. The molecule has 0 aromatic carbocycles. The molecule has 0 spiro atoms. The van der Waals surface area contributed by atoms with E-state index in [4.69, 9.17) is 10.5 Å². The van der Waals surface area contributed by atoms with Gasteiger partial charge in [-0.2, -0.15) is 0 Å². The van der Waals surface area contributed by atoms with Crippen LogP contribution in [0.1, 0.15) is 18.5 Å². The highest BCUT2D eigenvalue weighted by Gasteiger charge is 2.38. The summed E-state index contributed by atoms with van der Waals surface area (Å²) in [7, 11) is 0. The molecule has 21 heavy (non-hydrogen) atoms. The summed E-state index contributed by atoms with van der Waals surface area (Å²) in [5, 5.41) is 2.98. The number of amides is 1. The molecule has 3 heterocycles. The van der Waals surface area contributed by atoms with Crippen molar-refractivity contribution >= 4 is 17.2 Å². The summed E-state index contributed by atoms with van der Waals surface area (Å²) in [5.74, 6) is -0.0236. The number of carbonyl (C=O) groups is 1. The van der Waals surface area contributed by atoms with Gasteiger partial charge in [-0.3, -0.25) is 4.79 Å². The number of anilines is 1. The third-order valence-electron chi connectivity index (χ3n) is 4.15. The van der Waals surface area contributed by atoms with Gasteiger partial charge in [0.15, 0.2) is 0 Å². The number of ether oxygens (including phenoxy) is 1. The van der Waals surface area contributed by atoms with Crippen molar-refractivity contribution in [2.45, 2.75) is 19.8 Å². The summed E-state index contributed by atoms with van der Waals surface area (Å²) in [4.78, 5) is 17.0. The van der Waals surface area contributed by atoms with E-state index in [2.05, 4.69) is 10.3 Å². The van der Waals surface area contributed by atoms with Crippen LogP contribution in [0.5, 0.6) is 0 Å². The monoisotopic (exact) mass is 288 g/mol. The first kappa shape index (κ1) is 14.0. The van der Waals surface area contributed by atoms with Crippen LogP contribution in [0.2, 0.25) is 0 Å². The maximum absolute atomic E-state index is 12.6. The van der Waals surface area contributed by atoms with E-state index in [1.54, 1.807) is 0 Å². The molecule has 112 valence electrons. The van der Waals surface area contributed by atoms with Crippen LogP contribution in [0.15, 0.2) is 24.5 Å².